The van der Waals surface area contributed by atoms with Gasteiger partial charge in [0.1, 0.15) is 0 Å². The fourth-order valence-electron chi connectivity index (χ4n) is 3.15. The van der Waals surface area contributed by atoms with Crippen LogP contribution in [-0.4, -0.2) is 40.0 Å². The molecule has 2 heterocycles. The number of halogens is 1. The normalized spacial score (nSPS) is 16.1. The molecule has 0 saturated carbocycles. The first-order chi connectivity index (χ1) is 11.6. The molecule has 1 aromatic carbocycles. The molecule has 1 aromatic heterocycles. The molecule has 1 unspecified atom stereocenters. The Hall–Kier alpha value is -1.92. The lowest BCUT2D eigenvalue weighted by Crippen LogP contribution is -2.34. The molecule has 1 aliphatic rings. The number of benzene rings is 1. The monoisotopic (exact) mass is 363 g/mol. The number of nitrogens with one attached hydrogen (secondary N) is 2. The van der Waals surface area contributed by atoms with Gasteiger partial charge in [-0.05, 0) is 57.3 Å². The molecule has 0 spiro atoms. The van der Waals surface area contributed by atoms with Crippen LogP contribution in [0.2, 0.25) is 0 Å². The summed E-state index contributed by atoms with van der Waals surface area (Å²) in [5.41, 5.74) is 2.89. The lowest BCUT2D eigenvalue weighted by Gasteiger charge is -2.22. The third-order valence-corrected chi connectivity index (χ3v) is 4.59. The van der Waals surface area contributed by atoms with E-state index < -0.39 is 0 Å². The Balaban J connectivity index is 0.00000225. The van der Waals surface area contributed by atoms with Gasteiger partial charge in [-0.3, -0.25) is 4.79 Å². The van der Waals surface area contributed by atoms with Crippen LogP contribution in [0.25, 0.3) is 0 Å². The summed E-state index contributed by atoms with van der Waals surface area (Å²) in [6.07, 6.45) is 4.62. The second-order valence-electron chi connectivity index (χ2n) is 6.57. The summed E-state index contributed by atoms with van der Waals surface area (Å²) in [7, 11) is 0. The van der Waals surface area contributed by atoms with Gasteiger partial charge < -0.3 is 10.6 Å². The number of amides is 1. The largest absolute Gasteiger partial charge is 0.348 e. The third kappa shape index (κ3) is 5.03. The van der Waals surface area contributed by atoms with E-state index in [1.54, 1.807) is 6.20 Å². The topological polar surface area (TPSA) is 71.8 Å². The van der Waals surface area contributed by atoms with Crippen LogP contribution in [0, 0.1) is 6.92 Å². The van der Waals surface area contributed by atoms with Crippen LogP contribution < -0.4 is 10.6 Å². The van der Waals surface area contributed by atoms with Crippen LogP contribution >= 0.6 is 12.4 Å². The van der Waals surface area contributed by atoms with Crippen molar-refractivity contribution in [1.29, 1.82) is 0 Å². The number of aryl methyl sites for hydroxylation is 1. The summed E-state index contributed by atoms with van der Waals surface area (Å²) in [5.74, 6) is -0.156. The minimum absolute atomic E-state index is 0. The number of hydrogen-bond donors (Lipinski definition) is 2. The highest BCUT2D eigenvalue weighted by Gasteiger charge is 2.19. The van der Waals surface area contributed by atoms with E-state index >= 15 is 0 Å². The molecule has 1 atom stereocenters. The van der Waals surface area contributed by atoms with Crippen molar-refractivity contribution in [3.05, 3.63) is 47.3 Å². The number of carbonyl (C=O) groups is 1. The van der Waals surface area contributed by atoms with Gasteiger partial charge in [0.15, 0.2) is 5.69 Å². The van der Waals surface area contributed by atoms with Crippen LogP contribution in [-0.2, 0) is 6.42 Å². The molecule has 0 radical (unpaired) electrons. The molecule has 25 heavy (non-hydrogen) atoms. The highest BCUT2D eigenvalue weighted by Crippen LogP contribution is 2.17. The van der Waals surface area contributed by atoms with Crippen molar-refractivity contribution >= 4 is 18.3 Å². The van der Waals surface area contributed by atoms with Gasteiger partial charge >= 0.3 is 0 Å². The fourth-order valence-corrected chi connectivity index (χ4v) is 3.15. The molecule has 6 nitrogen and oxygen atoms in total. The molecule has 7 heteroatoms. The van der Waals surface area contributed by atoms with Gasteiger partial charge in [-0.2, -0.15) is 0 Å². The summed E-state index contributed by atoms with van der Waals surface area (Å²) in [4.78, 5) is 12.4. The van der Waals surface area contributed by atoms with E-state index in [2.05, 4.69) is 40.0 Å². The lowest BCUT2D eigenvalue weighted by molar-refractivity contribution is 0.0935. The fraction of sp³-hybridized carbons (Fsp3) is 0.500. The summed E-state index contributed by atoms with van der Waals surface area (Å²) in [5, 5.41) is 14.5. The van der Waals surface area contributed by atoms with Crippen molar-refractivity contribution in [3.63, 3.8) is 0 Å². The van der Waals surface area contributed by atoms with E-state index in [9.17, 15) is 4.79 Å². The first kappa shape index (κ1) is 19.4. The van der Waals surface area contributed by atoms with Crippen molar-refractivity contribution in [2.24, 2.45) is 0 Å². The van der Waals surface area contributed by atoms with Crippen molar-refractivity contribution in [2.75, 3.05) is 13.1 Å². The van der Waals surface area contributed by atoms with Gasteiger partial charge in [-0.15, -0.1) is 17.5 Å². The van der Waals surface area contributed by atoms with Gasteiger partial charge in [0.2, 0.25) is 0 Å². The zero-order valence-corrected chi connectivity index (χ0v) is 15.6. The van der Waals surface area contributed by atoms with Crippen molar-refractivity contribution in [2.45, 2.75) is 45.2 Å². The van der Waals surface area contributed by atoms with Crippen molar-refractivity contribution in [3.8, 4) is 0 Å². The number of hydrogen-bond acceptors (Lipinski definition) is 4. The molecule has 3 rings (SSSR count). The predicted octanol–water partition coefficient (Wildman–Crippen LogP) is 2.29. The van der Waals surface area contributed by atoms with E-state index in [4.69, 9.17) is 0 Å². The molecule has 1 aliphatic heterocycles. The Morgan fingerprint density at radius 3 is 2.80 bits per heavy atom. The van der Waals surface area contributed by atoms with Crippen molar-refractivity contribution < 1.29 is 4.79 Å². The minimum atomic E-state index is -0.156. The highest BCUT2D eigenvalue weighted by molar-refractivity contribution is 5.92. The first-order valence-electron chi connectivity index (χ1n) is 8.61. The molecular formula is C18H26ClN5O. The lowest BCUT2D eigenvalue weighted by atomic mass is 10.0. The number of carbonyl (C=O) groups excluding carboxylic acids is 1. The summed E-state index contributed by atoms with van der Waals surface area (Å²) in [6, 6.07) is 8.63. The average Bonchev–Trinajstić information content (AvgIpc) is 3.08. The Morgan fingerprint density at radius 2 is 2.08 bits per heavy atom. The Kier molecular flexibility index (Phi) is 6.96. The molecule has 1 fully saturated rings. The Morgan fingerprint density at radius 1 is 1.36 bits per heavy atom. The Labute approximate surface area is 154 Å². The van der Waals surface area contributed by atoms with Crippen LogP contribution in [0.5, 0.6) is 0 Å². The van der Waals surface area contributed by atoms with Gasteiger partial charge in [0.05, 0.1) is 12.2 Å². The van der Waals surface area contributed by atoms with Crippen LogP contribution in [0.15, 0.2) is 30.5 Å². The molecular weight excluding hydrogens is 338 g/mol. The standard InChI is InChI=1S/C18H25N5O.ClH/c1-13-5-3-4-6-15(13)11-14(2)20-18(24)17-12-23(22-21-17)16-7-9-19-10-8-16;/h3-6,12,14,16,19H,7-11H2,1-2H3,(H,20,24);1H. The number of rotatable bonds is 5. The maximum atomic E-state index is 12.4. The van der Waals surface area contributed by atoms with Crippen LogP contribution in [0.3, 0.4) is 0 Å². The second-order valence-corrected chi connectivity index (χ2v) is 6.57. The SMILES string of the molecule is Cc1ccccc1CC(C)NC(=O)c1cn(C2CCNCC2)nn1.Cl. The maximum Gasteiger partial charge on any atom is 0.273 e. The smallest absolute Gasteiger partial charge is 0.273 e. The van der Waals surface area contributed by atoms with E-state index in [1.165, 1.54) is 11.1 Å². The van der Waals surface area contributed by atoms with E-state index in [-0.39, 0.29) is 24.4 Å². The van der Waals surface area contributed by atoms with Gasteiger partial charge in [-0.1, -0.05) is 29.5 Å². The summed E-state index contributed by atoms with van der Waals surface area (Å²) < 4.78 is 1.84. The number of piperidine rings is 1. The second kappa shape index (κ2) is 8.97. The molecule has 0 bridgehead atoms. The van der Waals surface area contributed by atoms with Gasteiger partial charge in [0, 0.05) is 6.04 Å². The van der Waals surface area contributed by atoms with Gasteiger partial charge in [0.25, 0.3) is 5.91 Å². The third-order valence-electron chi connectivity index (χ3n) is 4.59. The number of nitrogens with zero attached hydrogens (tertiary/aromatic N) is 3. The van der Waals surface area contributed by atoms with Crippen LogP contribution in [0.4, 0.5) is 0 Å². The molecule has 136 valence electrons. The average molecular weight is 364 g/mol. The zero-order chi connectivity index (χ0) is 16.9. The maximum absolute atomic E-state index is 12.4. The van der Waals surface area contributed by atoms with E-state index in [0.29, 0.717) is 11.7 Å². The van der Waals surface area contributed by atoms with Crippen molar-refractivity contribution in [1.82, 2.24) is 25.6 Å². The summed E-state index contributed by atoms with van der Waals surface area (Å²) >= 11 is 0. The molecule has 1 saturated heterocycles. The molecule has 1 amide bonds. The highest BCUT2D eigenvalue weighted by atomic mass is 35.5. The number of aromatic nitrogens is 3. The quantitative estimate of drug-likeness (QED) is 0.855. The van der Waals surface area contributed by atoms with Gasteiger partial charge in [-0.25, -0.2) is 4.68 Å². The minimum Gasteiger partial charge on any atom is -0.348 e. The van der Waals surface area contributed by atoms with Crippen LogP contribution in [0.1, 0.15) is 47.4 Å². The van der Waals surface area contributed by atoms with E-state index in [1.807, 2.05) is 23.7 Å². The molecule has 2 N–H and O–H groups in total. The first-order valence-corrected chi connectivity index (χ1v) is 8.61. The van der Waals surface area contributed by atoms with E-state index in [0.717, 1.165) is 32.4 Å². The predicted molar refractivity (Wildman–Crippen MR) is 100 cm³/mol. The molecule has 2 aromatic rings. The zero-order valence-electron chi connectivity index (χ0n) is 14.7. The summed E-state index contributed by atoms with van der Waals surface area (Å²) in [6.45, 7) is 6.08. The Bertz CT molecular complexity index is 696. The molecule has 0 aliphatic carbocycles.